The highest BCUT2D eigenvalue weighted by Gasteiger charge is 2.18. The van der Waals surface area contributed by atoms with E-state index in [4.69, 9.17) is 0 Å². The molecule has 0 aromatic carbocycles. The Morgan fingerprint density at radius 3 is 3.00 bits per heavy atom. The van der Waals surface area contributed by atoms with E-state index in [0.717, 1.165) is 31.7 Å². The summed E-state index contributed by atoms with van der Waals surface area (Å²) in [4.78, 5) is 18.3. The molecule has 2 heterocycles. The zero-order valence-electron chi connectivity index (χ0n) is 11.4. The summed E-state index contributed by atoms with van der Waals surface area (Å²) in [5.41, 5.74) is 1.03. The fraction of sp³-hybridized carbons (Fsp3) is 0.571. The number of hydrogen-bond acceptors (Lipinski definition) is 4. The van der Waals surface area contributed by atoms with Crippen molar-refractivity contribution in [3.8, 4) is 0 Å². The van der Waals surface area contributed by atoms with Crippen LogP contribution in [0.1, 0.15) is 18.9 Å². The molecule has 104 valence electrons. The first-order valence-corrected chi connectivity index (χ1v) is 6.86. The maximum absolute atomic E-state index is 11.9. The number of hydrogen-bond donors (Lipinski definition) is 2. The molecule has 5 nitrogen and oxygen atoms in total. The fourth-order valence-corrected chi connectivity index (χ4v) is 2.30. The van der Waals surface area contributed by atoms with E-state index in [1.807, 2.05) is 12.1 Å². The van der Waals surface area contributed by atoms with Crippen molar-refractivity contribution < 1.29 is 4.79 Å². The van der Waals surface area contributed by atoms with Gasteiger partial charge in [-0.1, -0.05) is 6.07 Å². The average molecular weight is 262 g/mol. The van der Waals surface area contributed by atoms with Gasteiger partial charge >= 0.3 is 0 Å². The van der Waals surface area contributed by atoms with Crippen molar-refractivity contribution >= 4 is 5.91 Å². The first-order chi connectivity index (χ1) is 9.25. The number of pyridine rings is 1. The summed E-state index contributed by atoms with van der Waals surface area (Å²) in [5, 5.41) is 6.27. The first kappa shape index (κ1) is 14.0. The summed E-state index contributed by atoms with van der Waals surface area (Å²) in [7, 11) is 0. The van der Waals surface area contributed by atoms with Crippen LogP contribution in [0.4, 0.5) is 0 Å². The predicted molar refractivity (Wildman–Crippen MR) is 74.6 cm³/mol. The lowest BCUT2D eigenvalue weighted by Crippen LogP contribution is -2.48. The minimum absolute atomic E-state index is 0.106. The molecule has 0 bridgehead atoms. The van der Waals surface area contributed by atoms with Gasteiger partial charge in [-0.15, -0.1) is 0 Å². The summed E-state index contributed by atoms with van der Waals surface area (Å²) in [6, 6.07) is 4.15. The van der Waals surface area contributed by atoms with Crippen molar-refractivity contribution in [3.05, 3.63) is 30.1 Å². The first-order valence-electron chi connectivity index (χ1n) is 6.86. The SMILES string of the molecule is CC(CC(=O)NCc1cccnc1)N1CCNCC1. The van der Waals surface area contributed by atoms with Gasteiger partial charge < -0.3 is 10.6 Å². The number of nitrogens with one attached hydrogen (secondary N) is 2. The predicted octanol–water partition coefficient (Wildman–Crippen LogP) is 0.382. The molecule has 1 atom stereocenters. The highest BCUT2D eigenvalue weighted by Crippen LogP contribution is 2.05. The molecule has 2 N–H and O–H groups in total. The lowest BCUT2D eigenvalue weighted by Gasteiger charge is -2.32. The van der Waals surface area contributed by atoms with Crippen molar-refractivity contribution in [2.45, 2.75) is 25.9 Å². The number of aromatic nitrogens is 1. The molecular formula is C14H22N4O. The maximum atomic E-state index is 11.9. The van der Waals surface area contributed by atoms with Crippen LogP contribution < -0.4 is 10.6 Å². The monoisotopic (exact) mass is 262 g/mol. The number of carbonyl (C=O) groups excluding carboxylic acids is 1. The van der Waals surface area contributed by atoms with Gasteiger partial charge in [-0.25, -0.2) is 0 Å². The van der Waals surface area contributed by atoms with E-state index in [-0.39, 0.29) is 5.91 Å². The third-order valence-electron chi connectivity index (χ3n) is 3.47. The molecule has 0 saturated carbocycles. The van der Waals surface area contributed by atoms with Crippen molar-refractivity contribution in [3.63, 3.8) is 0 Å². The topological polar surface area (TPSA) is 57.3 Å². The van der Waals surface area contributed by atoms with Crippen LogP contribution in [0.2, 0.25) is 0 Å². The Bertz CT molecular complexity index is 390. The van der Waals surface area contributed by atoms with Crippen molar-refractivity contribution in [1.29, 1.82) is 0 Å². The number of rotatable bonds is 5. The van der Waals surface area contributed by atoms with Crippen molar-refractivity contribution in [2.75, 3.05) is 26.2 Å². The molecule has 0 radical (unpaired) electrons. The summed E-state index contributed by atoms with van der Waals surface area (Å²) in [5.74, 6) is 0.106. The van der Waals surface area contributed by atoms with Gasteiger partial charge in [-0.05, 0) is 18.6 Å². The van der Waals surface area contributed by atoms with E-state index >= 15 is 0 Å². The van der Waals surface area contributed by atoms with Crippen LogP contribution >= 0.6 is 0 Å². The summed E-state index contributed by atoms with van der Waals surface area (Å²) in [6.07, 6.45) is 4.07. The molecule has 19 heavy (non-hydrogen) atoms. The second-order valence-electron chi connectivity index (χ2n) is 4.98. The largest absolute Gasteiger partial charge is 0.352 e. The number of amides is 1. The Morgan fingerprint density at radius 1 is 1.53 bits per heavy atom. The molecule has 1 aromatic rings. The molecule has 1 amide bonds. The fourth-order valence-electron chi connectivity index (χ4n) is 2.30. The minimum Gasteiger partial charge on any atom is -0.352 e. The van der Waals surface area contributed by atoms with Gasteiger partial charge in [-0.2, -0.15) is 0 Å². The van der Waals surface area contributed by atoms with E-state index in [0.29, 0.717) is 19.0 Å². The molecule has 1 fully saturated rings. The Balaban J connectivity index is 1.71. The summed E-state index contributed by atoms with van der Waals surface area (Å²) < 4.78 is 0. The quantitative estimate of drug-likeness (QED) is 0.805. The molecule has 0 aliphatic carbocycles. The summed E-state index contributed by atoms with van der Waals surface area (Å²) >= 11 is 0. The van der Waals surface area contributed by atoms with Crippen molar-refractivity contribution in [1.82, 2.24) is 20.5 Å². The highest BCUT2D eigenvalue weighted by molar-refractivity contribution is 5.76. The average Bonchev–Trinajstić information content (AvgIpc) is 2.47. The molecule has 1 aliphatic rings. The van der Waals surface area contributed by atoms with Gasteiger partial charge in [0.05, 0.1) is 0 Å². The van der Waals surface area contributed by atoms with E-state index in [1.165, 1.54) is 0 Å². The number of nitrogens with zero attached hydrogens (tertiary/aromatic N) is 2. The van der Waals surface area contributed by atoms with E-state index in [2.05, 4.69) is 27.4 Å². The van der Waals surface area contributed by atoms with Crippen LogP contribution in [0.25, 0.3) is 0 Å². The number of piperazine rings is 1. The normalized spacial score (nSPS) is 17.9. The third kappa shape index (κ3) is 4.61. The number of carbonyl (C=O) groups is 1. The van der Waals surface area contributed by atoms with E-state index in [1.54, 1.807) is 12.4 Å². The lowest BCUT2D eigenvalue weighted by molar-refractivity contribution is -0.122. The smallest absolute Gasteiger partial charge is 0.221 e. The van der Waals surface area contributed by atoms with Crippen LogP contribution in [0.5, 0.6) is 0 Å². The molecular weight excluding hydrogens is 240 g/mol. The zero-order chi connectivity index (χ0) is 13.5. The van der Waals surface area contributed by atoms with Gasteiger partial charge in [0.2, 0.25) is 5.91 Å². The second-order valence-corrected chi connectivity index (χ2v) is 4.98. The van der Waals surface area contributed by atoms with Crippen LogP contribution in [0.15, 0.2) is 24.5 Å². The van der Waals surface area contributed by atoms with Gasteiger partial charge in [0, 0.05) is 57.6 Å². The van der Waals surface area contributed by atoms with Gasteiger partial charge in [0.1, 0.15) is 0 Å². The Morgan fingerprint density at radius 2 is 2.32 bits per heavy atom. The Kier molecular flexibility index (Phi) is 5.30. The standard InChI is InChI=1S/C14H22N4O/c1-12(18-7-5-15-6-8-18)9-14(19)17-11-13-3-2-4-16-10-13/h2-4,10,12,15H,5-9,11H2,1H3,(H,17,19). The van der Waals surface area contributed by atoms with Gasteiger partial charge in [0.25, 0.3) is 0 Å². The van der Waals surface area contributed by atoms with Crippen molar-refractivity contribution in [2.24, 2.45) is 0 Å². The van der Waals surface area contributed by atoms with E-state index < -0.39 is 0 Å². The third-order valence-corrected chi connectivity index (χ3v) is 3.47. The maximum Gasteiger partial charge on any atom is 0.221 e. The van der Waals surface area contributed by atoms with E-state index in [9.17, 15) is 4.79 Å². The Labute approximate surface area is 114 Å². The molecule has 1 saturated heterocycles. The second kappa shape index (κ2) is 7.21. The summed E-state index contributed by atoms with van der Waals surface area (Å²) in [6.45, 7) is 6.76. The van der Waals surface area contributed by atoms with Crippen LogP contribution in [0, 0.1) is 0 Å². The molecule has 5 heteroatoms. The van der Waals surface area contributed by atoms with Crippen LogP contribution in [-0.4, -0.2) is 48.0 Å². The van der Waals surface area contributed by atoms with Gasteiger partial charge in [-0.3, -0.25) is 14.7 Å². The highest BCUT2D eigenvalue weighted by atomic mass is 16.1. The zero-order valence-corrected chi connectivity index (χ0v) is 11.4. The molecule has 1 unspecified atom stereocenters. The Hall–Kier alpha value is -1.46. The lowest BCUT2D eigenvalue weighted by atomic mass is 10.1. The van der Waals surface area contributed by atoms with Crippen LogP contribution in [0.3, 0.4) is 0 Å². The molecule has 1 aliphatic heterocycles. The molecule has 0 spiro atoms. The molecule has 2 rings (SSSR count). The minimum atomic E-state index is 0.106. The van der Waals surface area contributed by atoms with Crippen LogP contribution in [-0.2, 0) is 11.3 Å². The van der Waals surface area contributed by atoms with Gasteiger partial charge in [0.15, 0.2) is 0 Å². The molecule has 1 aromatic heterocycles.